The first-order valence-corrected chi connectivity index (χ1v) is 6.10. The van der Waals surface area contributed by atoms with Gasteiger partial charge in [-0.1, -0.05) is 17.7 Å². The Morgan fingerprint density at radius 1 is 1.25 bits per heavy atom. The first kappa shape index (κ1) is 13.9. The molecule has 0 saturated carbocycles. The van der Waals surface area contributed by atoms with Crippen LogP contribution in [0.1, 0.15) is 21.5 Å². The topological polar surface area (TPSA) is 70.3 Å². The first-order chi connectivity index (χ1) is 9.51. The fraction of sp³-hybridized carbons (Fsp3) is 0.0667. The van der Waals surface area contributed by atoms with Crippen molar-refractivity contribution in [3.05, 3.63) is 58.1 Å². The summed E-state index contributed by atoms with van der Waals surface area (Å²) in [5.41, 5.74) is 1.06. The van der Waals surface area contributed by atoms with E-state index in [0.29, 0.717) is 16.5 Å². The monoisotopic (exact) mass is 287 g/mol. The van der Waals surface area contributed by atoms with Crippen LogP contribution < -0.4 is 4.74 Å². The normalized spacial score (nSPS) is 9.85. The molecule has 0 atom stereocenters. The van der Waals surface area contributed by atoms with Crippen molar-refractivity contribution in [2.75, 3.05) is 0 Å². The standard InChI is InChI=1S/C15H10ClNO3/c1-9-2-4-12(16)7-14(9)20-13-5-3-10(15(18)19)6-11(13)8-17/h2-7H,1H3,(H,18,19). The minimum atomic E-state index is -1.09. The number of carbonyl (C=O) groups is 1. The molecule has 0 amide bonds. The van der Waals surface area contributed by atoms with Crippen molar-refractivity contribution in [2.24, 2.45) is 0 Å². The van der Waals surface area contributed by atoms with Crippen LogP contribution in [0.4, 0.5) is 0 Å². The van der Waals surface area contributed by atoms with Gasteiger partial charge < -0.3 is 9.84 Å². The minimum absolute atomic E-state index is 0.0386. The number of hydrogen-bond acceptors (Lipinski definition) is 3. The Hall–Kier alpha value is -2.51. The lowest BCUT2D eigenvalue weighted by molar-refractivity contribution is 0.0697. The third-order valence-corrected chi connectivity index (χ3v) is 2.95. The third kappa shape index (κ3) is 2.90. The Bertz CT molecular complexity index is 720. The molecule has 0 saturated heterocycles. The second kappa shape index (κ2) is 5.64. The van der Waals surface area contributed by atoms with Gasteiger partial charge in [-0.2, -0.15) is 5.26 Å². The van der Waals surface area contributed by atoms with Crippen molar-refractivity contribution in [1.82, 2.24) is 0 Å². The molecule has 0 unspecified atom stereocenters. The molecule has 20 heavy (non-hydrogen) atoms. The van der Waals surface area contributed by atoms with Crippen molar-refractivity contribution in [3.63, 3.8) is 0 Å². The van der Waals surface area contributed by atoms with Gasteiger partial charge in [0.05, 0.1) is 11.1 Å². The van der Waals surface area contributed by atoms with Gasteiger partial charge in [0.25, 0.3) is 0 Å². The first-order valence-electron chi connectivity index (χ1n) is 5.72. The summed E-state index contributed by atoms with van der Waals surface area (Å²) in [5.74, 6) is -0.271. The zero-order valence-corrected chi connectivity index (χ0v) is 11.3. The van der Waals surface area contributed by atoms with Gasteiger partial charge in [0.1, 0.15) is 17.6 Å². The van der Waals surface area contributed by atoms with Crippen LogP contribution in [0.15, 0.2) is 36.4 Å². The quantitative estimate of drug-likeness (QED) is 0.926. The molecule has 0 fully saturated rings. The maximum atomic E-state index is 10.9. The zero-order chi connectivity index (χ0) is 14.7. The highest BCUT2D eigenvalue weighted by Gasteiger charge is 2.11. The van der Waals surface area contributed by atoms with Crippen LogP contribution in [0.25, 0.3) is 0 Å². The highest BCUT2D eigenvalue weighted by atomic mass is 35.5. The van der Waals surface area contributed by atoms with E-state index >= 15 is 0 Å². The number of halogens is 1. The van der Waals surface area contributed by atoms with Crippen LogP contribution in [0.3, 0.4) is 0 Å². The number of benzene rings is 2. The number of carboxylic acid groups (broad SMARTS) is 1. The SMILES string of the molecule is Cc1ccc(Cl)cc1Oc1ccc(C(=O)O)cc1C#N. The lowest BCUT2D eigenvalue weighted by Crippen LogP contribution is -1.98. The van der Waals surface area contributed by atoms with Crippen LogP contribution >= 0.6 is 11.6 Å². The maximum Gasteiger partial charge on any atom is 0.335 e. The Kier molecular flexibility index (Phi) is 3.92. The predicted octanol–water partition coefficient (Wildman–Crippen LogP) is 4.01. The maximum absolute atomic E-state index is 10.9. The third-order valence-electron chi connectivity index (χ3n) is 2.72. The molecule has 0 radical (unpaired) electrons. The Labute approximate surface area is 120 Å². The van der Waals surface area contributed by atoms with E-state index in [4.69, 9.17) is 26.7 Å². The van der Waals surface area contributed by atoms with Crippen LogP contribution in [0, 0.1) is 18.3 Å². The van der Waals surface area contributed by atoms with Gasteiger partial charge in [0, 0.05) is 5.02 Å². The summed E-state index contributed by atoms with van der Waals surface area (Å²) in [5, 5.41) is 18.5. The average molecular weight is 288 g/mol. The number of aromatic carboxylic acids is 1. The van der Waals surface area contributed by atoms with E-state index in [9.17, 15) is 4.79 Å². The van der Waals surface area contributed by atoms with Crippen LogP contribution in [-0.2, 0) is 0 Å². The molecule has 100 valence electrons. The molecule has 0 aliphatic heterocycles. The second-order valence-electron chi connectivity index (χ2n) is 4.14. The van der Waals surface area contributed by atoms with Crippen molar-refractivity contribution in [3.8, 4) is 17.6 Å². The Morgan fingerprint density at radius 3 is 2.65 bits per heavy atom. The van der Waals surface area contributed by atoms with Crippen LogP contribution in [0.5, 0.6) is 11.5 Å². The molecule has 2 aromatic rings. The second-order valence-corrected chi connectivity index (χ2v) is 4.58. The average Bonchev–Trinajstić information content (AvgIpc) is 2.43. The molecule has 0 aliphatic carbocycles. The van der Waals surface area contributed by atoms with E-state index in [2.05, 4.69) is 0 Å². The van der Waals surface area contributed by atoms with Gasteiger partial charge in [-0.3, -0.25) is 0 Å². The lowest BCUT2D eigenvalue weighted by Gasteiger charge is -2.10. The van der Waals surface area contributed by atoms with Gasteiger partial charge in [-0.25, -0.2) is 4.79 Å². The van der Waals surface area contributed by atoms with Crippen molar-refractivity contribution < 1.29 is 14.6 Å². The molecule has 4 nitrogen and oxygen atoms in total. The lowest BCUT2D eigenvalue weighted by atomic mass is 10.1. The van der Waals surface area contributed by atoms with Crippen molar-refractivity contribution in [2.45, 2.75) is 6.92 Å². The molecule has 1 N–H and O–H groups in total. The highest BCUT2D eigenvalue weighted by molar-refractivity contribution is 6.30. The van der Waals surface area contributed by atoms with Crippen LogP contribution in [-0.4, -0.2) is 11.1 Å². The number of hydrogen-bond donors (Lipinski definition) is 1. The van der Waals surface area contributed by atoms with Gasteiger partial charge in [0.15, 0.2) is 0 Å². The summed E-state index contributed by atoms with van der Waals surface area (Å²) in [6.45, 7) is 1.85. The summed E-state index contributed by atoms with van der Waals surface area (Å²) in [6, 6.07) is 11.2. The molecule has 0 aromatic heterocycles. The zero-order valence-electron chi connectivity index (χ0n) is 10.6. The van der Waals surface area contributed by atoms with Gasteiger partial charge in [0.2, 0.25) is 0 Å². The number of nitriles is 1. The summed E-state index contributed by atoms with van der Waals surface area (Å²) in [4.78, 5) is 10.9. The van der Waals surface area contributed by atoms with Crippen LogP contribution in [0.2, 0.25) is 5.02 Å². The van der Waals surface area contributed by atoms with Gasteiger partial charge in [-0.15, -0.1) is 0 Å². The van der Waals surface area contributed by atoms with Gasteiger partial charge >= 0.3 is 5.97 Å². The molecule has 2 rings (SSSR count). The number of nitrogens with zero attached hydrogens (tertiary/aromatic N) is 1. The highest BCUT2D eigenvalue weighted by Crippen LogP contribution is 2.30. The largest absolute Gasteiger partial charge is 0.478 e. The van der Waals surface area contributed by atoms with Crippen molar-refractivity contribution in [1.29, 1.82) is 5.26 Å². The van der Waals surface area contributed by atoms with E-state index in [1.165, 1.54) is 18.2 Å². The van der Waals surface area contributed by atoms with E-state index in [1.54, 1.807) is 18.2 Å². The molecule has 2 aromatic carbocycles. The molecule has 5 heteroatoms. The summed E-state index contributed by atoms with van der Waals surface area (Å²) in [7, 11) is 0. The predicted molar refractivity (Wildman–Crippen MR) is 74.4 cm³/mol. The summed E-state index contributed by atoms with van der Waals surface area (Å²) < 4.78 is 5.65. The fourth-order valence-electron chi connectivity index (χ4n) is 1.64. The molecule has 0 heterocycles. The van der Waals surface area contributed by atoms with E-state index in [0.717, 1.165) is 5.56 Å². The molecular weight excluding hydrogens is 278 g/mol. The van der Waals surface area contributed by atoms with Crippen molar-refractivity contribution >= 4 is 17.6 Å². The van der Waals surface area contributed by atoms with E-state index < -0.39 is 5.97 Å². The number of rotatable bonds is 3. The molecule has 0 aliphatic rings. The number of ether oxygens (including phenoxy) is 1. The molecular formula is C15H10ClNO3. The Balaban J connectivity index is 2.41. The summed E-state index contributed by atoms with van der Waals surface area (Å²) >= 11 is 5.90. The van der Waals surface area contributed by atoms with Gasteiger partial charge in [-0.05, 0) is 42.8 Å². The Morgan fingerprint density at radius 2 is 2.00 bits per heavy atom. The smallest absolute Gasteiger partial charge is 0.335 e. The molecule has 0 spiro atoms. The fourth-order valence-corrected chi connectivity index (χ4v) is 1.80. The number of aryl methyl sites for hydroxylation is 1. The van der Waals surface area contributed by atoms with E-state index in [1.807, 2.05) is 13.0 Å². The molecule has 0 bridgehead atoms. The minimum Gasteiger partial charge on any atom is -0.478 e. The number of carboxylic acids is 1. The van der Waals surface area contributed by atoms with E-state index in [-0.39, 0.29) is 11.1 Å². The summed E-state index contributed by atoms with van der Waals surface area (Å²) in [6.07, 6.45) is 0.